The molecule has 1 fully saturated rings. The van der Waals surface area contributed by atoms with E-state index in [2.05, 4.69) is 10.1 Å². The molecular formula is C18H21N3O4S. The summed E-state index contributed by atoms with van der Waals surface area (Å²) in [6.07, 6.45) is 3.74. The highest BCUT2D eigenvalue weighted by Crippen LogP contribution is 2.38. The third-order valence-corrected chi connectivity index (χ3v) is 6.94. The number of aryl methyl sites for hydroxylation is 1. The number of hydrogen-bond acceptors (Lipinski definition) is 6. The normalized spacial score (nSPS) is 18.4. The average Bonchev–Trinajstić information content (AvgIpc) is 3.39. The van der Waals surface area contributed by atoms with Gasteiger partial charge in [0.05, 0.1) is 0 Å². The molecule has 2 aliphatic rings. The Kier molecular flexibility index (Phi) is 4.30. The summed E-state index contributed by atoms with van der Waals surface area (Å²) in [5.74, 6) is 0.109. The van der Waals surface area contributed by atoms with Gasteiger partial charge in [-0.1, -0.05) is 23.4 Å². The molecule has 1 aromatic heterocycles. The Labute approximate surface area is 152 Å². The molecule has 4 rings (SSSR count). The molecule has 0 bridgehead atoms. The number of amides is 1. The van der Waals surface area contributed by atoms with E-state index in [1.807, 2.05) is 24.3 Å². The molecule has 1 aliphatic heterocycles. The molecule has 2 heterocycles. The molecule has 7 nitrogen and oxygen atoms in total. The van der Waals surface area contributed by atoms with Crippen molar-refractivity contribution in [3.63, 3.8) is 0 Å². The Hall–Kier alpha value is -2.22. The molecular weight excluding hydrogens is 354 g/mol. The van der Waals surface area contributed by atoms with Crippen molar-refractivity contribution in [3.05, 3.63) is 41.5 Å². The van der Waals surface area contributed by atoms with Gasteiger partial charge in [-0.15, -0.1) is 0 Å². The molecule has 138 valence electrons. The van der Waals surface area contributed by atoms with E-state index in [-0.39, 0.29) is 5.89 Å². The van der Waals surface area contributed by atoms with Crippen LogP contribution in [0.2, 0.25) is 0 Å². The lowest BCUT2D eigenvalue weighted by Crippen LogP contribution is -2.44. The van der Waals surface area contributed by atoms with Gasteiger partial charge >= 0.3 is 0 Å². The number of sulfone groups is 1. The Morgan fingerprint density at radius 2 is 2.12 bits per heavy atom. The first-order valence-electron chi connectivity index (χ1n) is 8.89. The summed E-state index contributed by atoms with van der Waals surface area (Å²) >= 11 is 0. The minimum atomic E-state index is -3.74. The second-order valence-electron chi connectivity index (χ2n) is 6.99. The van der Waals surface area contributed by atoms with Gasteiger partial charge in [-0.3, -0.25) is 4.79 Å². The van der Waals surface area contributed by atoms with Crippen molar-refractivity contribution in [3.8, 4) is 0 Å². The maximum Gasteiger partial charge on any atom is 0.245 e. The highest BCUT2D eigenvalue weighted by Gasteiger charge is 2.36. The second kappa shape index (κ2) is 6.50. The van der Waals surface area contributed by atoms with Crippen LogP contribution in [0.5, 0.6) is 0 Å². The van der Waals surface area contributed by atoms with E-state index in [0.29, 0.717) is 18.3 Å². The fourth-order valence-electron chi connectivity index (χ4n) is 3.27. The standard InChI is InChI=1S/C18H21N3O4S/c1-12(18(22)21-10-4-6-13-5-2-3-7-15(13)21)26(23,24)11-16-19-17(20-25-16)14-8-9-14/h2-3,5,7,12,14H,4,6,8-11H2,1H3. The van der Waals surface area contributed by atoms with Crippen molar-refractivity contribution in [2.45, 2.75) is 49.5 Å². The number of aromatic nitrogens is 2. The lowest BCUT2D eigenvalue weighted by molar-refractivity contribution is -0.118. The SMILES string of the molecule is CC(C(=O)N1CCCc2ccccc21)S(=O)(=O)Cc1nc(C2CC2)no1. The second-order valence-corrected chi connectivity index (χ2v) is 9.31. The lowest BCUT2D eigenvalue weighted by atomic mass is 10.0. The van der Waals surface area contributed by atoms with Gasteiger partial charge in [0, 0.05) is 18.2 Å². The molecule has 1 aromatic carbocycles. The minimum Gasteiger partial charge on any atom is -0.338 e. The molecule has 0 N–H and O–H groups in total. The van der Waals surface area contributed by atoms with Crippen molar-refractivity contribution in [1.82, 2.24) is 10.1 Å². The number of nitrogens with zero attached hydrogens (tertiary/aromatic N) is 3. The monoisotopic (exact) mass is 375 g/mol. The van der Waals surface area contributed by atoms with Crippen molar-refractivity contribution in [2.24, 2.45) is 0 Å². The summed E-state index contributed by atoms with van der Waals surface area (Å²) in [5, 5.41) is 2.68. The number of rotatable bonds is 5. The van der Waals surface area contributed by atoms with E-state index in [4.69, 9.17) is 4.52 Å². The third kappa shape index (κ3) is 3.25. The Morgan fingerprint density at radius 1 is 1.35 bits per heavy atom. The van der Waals surface area contributed by atoms with Crippen LogP contribution in [0.25, 0.3) is 0 Å². The van der Waals surface area contributed by atoms with Crippen LogP contribution in [0.3, 0.4) is 0 Å². The zero-order valence-electron chi connectivity index (χ0n) is 14.6. The summed E-state index contributed by atoms with van der Waals surface area (Å²) < 4.78 is 30.5. The average molecular weight is 375 g/mol. The third-order valence-electron chi connectivity index (χ3n) is 5.01. The molecule has 2 aromatic rings. The minimum absolute atomic E-state index is 0.0607. The van der Waals surface area contributed by atoms with Crippen molar-refractivity contribution in [1.29, 1.82) is 0 Å². The quantitative estimate of drug-likeness (QED) is 0.795. The van der Waals surface area contributed by atoms with Crippen molar-refractivity contribution in [2.75, 3.05) is 11.4 Å². The maximum absolute atomic E-state index is 12.9. The predicted molar refractivity (Wildman–Crippen MR) is 95.5 cm³/mol. The van der Waals surface area contributed by atoms with E-state index in [1.54, 1.807) is 4.90 Å². The summed E-state index contributed by atoms with van der Waals surface area (Å²) in [5.41, 5.74) is 1.88. The van der Waals surface area contributed by atoms with Crippen LogP contribution >= 0.6 is 0 Å². The van der Waals surface area contributed by atoms with Gasteiger partial charge in [0.2, 0.25) is 11.8 Å². The molecule has 0 spiro atoms. The smallest absolute Gasteiger partial charge is 0.245 e. The number of fused-ring (bicyclic) bond motifs is 1. The summed E-state index contributed by atoms with van der Waals surface area (Å²) in [6.45, 7) is 1.97. The molecule has 1 aliphatic carbocycles. The number of benzene rings is 1. The topological polar surface area (TPSA) is 93.4 Å². The predicted octanol–water partition coefficient (Wildman–Crippen LogP) is 2.23. The zero-order valence-corrected chi connectivity index (χ0v) is 15.4. The van der Waals surface area contributed by atoms with Gasteiger partial charge < -0.3 is 9.42 Å². The molecule has 8 heteroatoms. The van der Waals surface area contributed by atoms with Gasteiger partial charge in [0.25, 0.3) is 0 Å². The van der Waals surface area contributed by atoms with Crippen LogP contribution in [0.15, 0.2) is 28.8 Å². The molecule has 0 radical (unpaired) electrons. The van der Waals surface area contributed by atoms with Gasteiger partial charge in [-0.2, -0.15) is 4.98 Å². The Balaban J connectivity index is 1.52. The van der Waals surface area contributed by atoms with Gasteiger partial charge in [0.15, 0.2) is 15.7 Å². The van der Waals surface area contributed by atoms with Crippen LogP contribution in [-0.2, 0) is 26.8 Å². The number of para-hydroxylation sites is 1. The molecule has 0 saturated heterocycles. The zero-order chi connectivity index (χ0) is 18.3. The number of carbonyl (C=O) groups excluding carboxylic acids is 1. The van der Waals surface area contributed by atoms with Crippen LogP contribution in [0.4, 0.5) is 5.69 Å². The van der Waals surface area contributed by atoms with Crippen LogP contribution in [-0.4, -0.2) is 36.3 Å². The van der Waals surface area contributed by atoms with E-state index in [0.717, 1.165) is 36.9 Å². The highest BCUT2D eigenvalue weighted by atomic mass is 32.2. The van der Waals surface area contributed by atoms with Gasteiger partial charge in [0.1, 0.15) is 11.0 Å². The molecule has 1 unspecified atom stereocenters. The van der Waals surface area contributed by atoms with Crippen LogP contribution in [0.1, 0.15) is 49.4 Å². The largest absolute Gasteiger partial charge is 0.338 e. The van der Waals surface area contributed by atoms with Crippen LogP contribution < -0.4 is 4.90 Å². The Bertz CT molecular complexity index is 933. The van der Waals surface area contributed by atoms with E-state index in [1.165, 1.54) is 6.92 Å². The summed E-state index contributed by atoms with van der Waals surface area (Å²) in [7, 11) is -3.74. The van der Waals surface area contributed by atoms with Gasteiger partial charge in [-0.25, -0.2) is 8.42 Å². The summed E-state index contributed by atoms with van der Waals surface area (Å²) in [4.78, 5) is 18.7. The number of anilines is 1. The molecule has 1 saturated carbocycles. The first kappa shape index (κ1) is 17.2. The fraction of sp³-hybridized carbons (Fsp3) is 0.500. The summed E-state index contributed by atoms with van der Waals surface area (Å²) in [6, 6.07) is 7.64. The highest BCUT2D eigenvalue weighted by molar-refractivity contribution is 7.92. The van der Waals surface area contributed by atoms with Gasteiger partial charge in [-0.05, 0) is 44.2 Å². The lowest BCUT2D eigenvalue weighted by Gasteiger charge is -2.31. The number of carbonyl (C=O) groups is 1. The van der Waals surface area contributed by atoms with Crippen molar-refractivity contribution >= 4 is 21.4 Å². The first-order valence-corrected chi connectivity index (χ1v) is 10.6. The fourth-order valence-corrected chi connectivity index (χ4v) is 4.41. The van der Waals surface area contributed by atoms with E-state index in [9.17, 15) is 13.2 Å². The first-order chi connectivity index (χ1) is 12.5. The molecule has 26 heavy (non-hydrogen) atoms. The van der Waals surface area contributed by atoms with E-state index >= 15 is 0 Å². The van der Waals surface area contributed by atoms with Crippen LogP contribution in [0, 0.1) is 0 Å². The maximum atomic E-state index is 12.9. The number of hydrogen-bond donors (Lipinski definition) is 0. The Morgan fingerprint density at radius 3 is 2.88 bits per heavy atom. The molecule has 1 amide bonds. The van der Waals surface area contributed by atoms with E-state index < -0.39 is 26.7 Å². The van der Waals surface area contributed by atoms with Crippen molar-refractivity contribution < 1.29 is 17.7 Å². The molecule has 1 atom stereocenters.